The molecule has 0 amide bonds. The first-order valence-corrected chi connectivity index (χ1v) is 23.1. The summed E-state index contributed by atoms with van der Waals surface area (Å²) in [7, 11) is 0. The van der Waals surface area contributed by atoms with E-state index in [0.29, 0.717) is 19.6 Å². The number of aliphatic hydroxyl groups excluding tert-OH is 1. The van der Waals surface area contributed by atoms with Crippen LogP contribution >= 0.6 is 0 Å². The van der Waals surface area contributed by atoms with Crippen molar-refractivity contribution in [3.8, 4) is 0 Å². The fraction of sp³-hybridized carbons (Fsp3) is 0.957. The minimum atomic E-state index is -1.24. The molecule has 1 N–H and O–H groups in total. The van der Waals surface area contributed by atoms with Gasteiger partial charge in [0.05, 0.1) is 19.8 Å². The highest BCUT2D eigenvalue weighted by Crippen LogP contribution is 2.29. The minimum Gasteiger partial charge on any atom is -0.465 e. The van der Waals surface area contributed by atoms with Crippen molar-refractivity contribution in [3.05, 3.63) is 0 Å². The van der Waals surface area contributed by atoms with Crippen molar-refractivity contribution in [2.24, 2.45) is 5.41 Å². The van der Waals surface area contributed by atoms with Crippen LogP contribution in [-0.4, -0.2) is 61.4 Å². The molecule has 0 aromatic heterocycles. The van der Waals surface area contributed by atoms with Crippen LogP contribution in [0.1, 0.15) is 240 Å². The Morgan fingerprint density at radius 2 is 0.712 bits per heavy atom. The molecule has 0 radical (unpaired) electrons. The van der Waals surface area contributed by atoms with Gasteiger partial charge in [0.2, 0.25) is 0 Å². The van der Waals surface area contributed by atoms with E-state index in [2.05, 4.69) is 25.7 Å². The Hall–Kier alpha value is -1.14. The lowest BCUT2D eigenvalue weighted by molar-refractivity contribution is -0.172. The van der Waals surface area contributed by atoms with Gasteiger partial charge < -0.3 is 19.5 Å². The van der Waals surface area contributed by atoms with Crippen LogP contribution in [0.2, 0.25) is 0 Å². The zero-order chi connectivity index (χ0) is 38.2. The third kappa shape index (κ3) is 31.2. The number of carbonyl (C=O) groups is 2. The lowest BCUT2D eigenvalue weighted by atomic mass is 9.84. The molecule has 310 valence electrons. The largest absolute Gasteiger partial charge is 0.465 e. The van der Waals surface area contributed by atoms with Gasteiger partial charge in [-0.2, -0.15) is 0 Å². The molecule has 6 heteroatoms. The van der Waals surface area contributed by atoms with E-state index < -0.39 is 17.4 Å². The molecule has 0 heterocycles. The van der Waals surface area contributed by atoms with Gasteiger partial charge in [0.1, 0.15) is 0 Å². The Morgan fingerprint density at radius 1 is 0.423 bits per heavy atom. The van der Waals surface area contributed by atoms with Crippen molar-refractivity contribution in [2.45, 2.75) is 240 Å². The second kappa shape index (κ2) is 39.6. The van der Waals surface area contributed by atoms with Gasteiger partial charge in [-0.3, -0.25) is 9.59 Å². The third-order valence-electron chi connectivity index (χ3n) is 11.0. The van der Waals surface area contributed by atoms with E-state index in [1.54, 1.807) is 6.92 Å². The number of esters is 2. The average molecular weight is 738 g/mol. The summed E-state index contributed by atoms with van der Waals surface area (Å²) < 4.78 is 11.4. The molecule has 0 unspecified atom stereocenters. The third-order valence-corrected chi connectivity index (χ3v) is 11.0. The van der Waals surface area contributed by atoms with Crippen molar-refractivity contribution >= 4 is 11.9 Å². The minimum absolute atomic E-state index is 0.207. The van der Waals surface area contributed by atoms with Gasteiger partial charge in [-0.1, -0.05) is 201 Å². The molecule has 0 aliphatic heterocycles. The summed E-state index contributed by atoms with van der Waals surface area (Å²) in [6, 6.07) is 0. The highest BCUT2D eigenvalue weighted by Gasteiger charge is 2.43. The van der Waals surface area contributed by atoms with E-state index in [9.17, 15) is 14.7 Å². The van der Waals surface area contributed by atoms with Crippen molar-refractivity contribution in [1.29, 1.82) is 0 Å². The summed E-state index contributed by atoms with van der Waals surface area (Å²) in [5.41, 5.74) is -1.24. The SMILES string of the molecule is CCCCCCCCCCCCCCCCCCN(CCO)CCCCCCC(C)(C(=O)OCCCCCCCC)C(=O)OCCCCCCCC. The molecule has 0 spiro atoms. The summed E-state index contributed by atoms with van der Waals surface area (Å²) in [5.74, 6) is -0.830. The normalized spacial score (nSPS) is 11.8. The van der Waals surface area contributed by atoms with Gasteiger partial charge in [0, 0.05) is 6.54 Å². The van der Waals surface area contributed by atoms with Crippen molar-refractivity contribution in [3.63, 3.8) is 0 Å². The fourth-order valence-electron chi connectivity index (χ4n) is 7.23. The van der Waals surface area contributed by atoms with Crippen LogP contribution in [0.3, 0.4) is 0 Å². The van der Waals surface area contributed by atoms with Crippen LogP contribution in [-0.2, 0) is 19.1 Å². The Labute approximate surface area is 324 Å². The number of ether oxygens (including phenoxy) is 2. The van der Waals surface area contributed by atoms with Gasteiger partial charge in [0.15, 0.2) is 5.41 Å². The lowest BCUT2D eigenvalue weighted by Crippen LogP contribution is -2.39. The molecule has 6 nitrogen and oxygen atoms in total. The molecule has 52 heavy (non-hydrogen) atoms. The van der Waals surface area contributed by atoms with E-state index >= 15 is 0 Å². The van der Waals surface area contributed by atoms with Crippen LogP contribution in [0.25, 0.3) is 0 Å². The number of unbranched alkanes of at least 4 members (excludes halogenated alkanes) is 28. The van der Waals surface area contributed by atoms with E-state index in [0.717, 1.165) is 83.8 Å². The van der Waals surface area contributed by atoms with Crippen LogP contribution in [0.4, 0.5) is 0 Å². The average Bonchev–Trinajstić information content (AvgIpc) is 3.14. The van der Waals surface area contributed by atoms with Crippen LogP contribution < -0.4 is 0 Å². The second-order valence-electron chi connectivity index (χ2n) is 16.2. The maximum Gasteiger partial charge on any atom is 0.323 e. The van der Waals surface area contributed by atoms with Gasteiger partial charge in [-0.25, -0.2) is 0 Å². The molecule has 0 aromatic carbocycles. The lowest BCUT2D eigenvalue weighted by Gasteiger charge is -2.25. The molecule has 0 aliphatic carbocycles. The van der Waals surface area contributed by atoms with E-state index in [4.69, 9.17) is 9.47 Å². The predicted octanol–water partition coefficient (Wildman–Crippen LogP) is 13.3. The van der Waals surface area contributed by atoms with Gasteiger partial charge in [-0.05, 0) is 52.1 Å². The standard InChI is InChI=1S/C46H91NO5/c1-5-8-11-14-17-18-19-20-21-22-23-24-25-26-28-33-38-47(40-41-48)39-34-29-27-32-37-46(4,44(49)51-42-35-30-15-12-9-6-2)45(50)52-43-36-31-16-13-10-7-3/h48H,5-43H2,1-4H3. The van der Waals surface area contributed by atoms with Gasteiger partial charge in [-0.15, -0.1) is 0 Å². The molecule has 0 atom stereocenters. The molecule has 0 aromatic rings. The van der Waals surface area contributed by atoms with Crippen molar-refractivity contribution in [1.82, 2.24) is 4.90 Å². The molecule has 0 bridgehead atoms. The molecule has 0 aliphatic rings. The van der Waals surface area contributed by atoms with E-state index in [-0.39, 0.29) is 6.61 Å². The Kier molecular flexibility index (Phi) is 38.7. The van der Waals surface area contributed by atoms with E-state index in [1.165, 1.54) is 141 Å². The van der Waals surface area contributed by atoms with E-state index in [1.807, 2.05) is 0 Å². The Bertz CT molecular complexity index is 729. The molecular weight excluding hydrogens is 647 g/mol. The van der Waals surface area contributed by atoms with Crippen LogP contribution in [0.5, 0.6) is 0 Å². The molecule has 0 fully saturated rings. The molecule has 0 rings (SSSR count). The maximum absolute atomic E-state index is 13.3. The first-order valence-electron chi connectivity index (χ1n) is 23.1. The monoisotopic (exact) mass is 738 g/mol. The predicted molar refractivity (Wildman–Crippen MR) is 223 cm³/mol. The topological polar surface area (TPSA) is 76.1 Å². The molecule has 0 saturated carbocycles. The summed E-state index contributed by atoms with van der Waals surface area (Å²) in [4.78, 5) is 28.9. The number of hydrogen-bond donors (Lipinski definition) is 1. The fourth-order valence-corrected chi connectivity index (χ4v) is 7.23. The summed E-state index contributed by atoms with van der Waals surface area (Å²) >= 11 is 0. The first-order chi connectivity index (χ1) is 25.5. The highest BCUT2D eigenvalue weighted by atomic mass is 16.6. The number of carbonyl (C=O) groups excluding carboxylic acids is 2. The Balaban J connectivity index is 4.31. The summed E-state index contributed by atoms with van der Waals surface area (Å²) in [6.45, 7) is 12.2. The smallest absolute Gasteiger partial charge is 0.323 e. The number of hydrogen-bond acceptors (Lipinski definition) is 6. The van der Waals surface area contributed by atoms with Crippen LogP contribution in [0, 0.1) is 5.41 Å². The van der Waals surface area contributed by atoms with Crippen LogP contribution in [0.15, 0.2) is 0 Å². The zero-order valence-electron chi connectivity index (χ0n) is 35.6. The molecular formula is C46H91NO5. The number of rotatable bonds is 42. The summed E-state index contributed by atoms with van der Waals surface area (Å²) in [6.07, 6.45) is 40.0. The molecule has 0 saturated heterocycles. The second-order valence-corrected chi connectivity index (χ2v) is 16.2. The van der Waals surface area contributed by atoms with Gasteiger partial charge in [0.25, 0.3) is 0 Å². The van der Waals surface area contributed by atoms with Gasteiger partial charge >= 0.3 is 11.9 Å². The highest BCUT2D eigenvalue weighted by molar-refractivity contribution is 5.99. The number of aliphatic hydroxyl groups is 1. The maximum atomic E-state index is 13.3. The summed E-state index contributed by atoms with van der Waals surface area (Å²) in [5, 5.41) is 9.63. The first kappa shape index (κ1) is 50.9. The number of nitrogens with zero attached hydrogens (tertiary/aromatic N) is 1. The quantitative estimate of drug-likeness (QED) is 0.0382. The Morgan fingerprint density at radius 3 is 1.04 bits per heavy atom. The zero-order valence-corrected chi connectivity index (χ0v) is 35.6. The van der Waals surface area contributed by atoms with Crippen molar-refractivity contribution in [2.75, 3.05) is 39.5 Å². The van der Waals surface area contributed by atoms with Crippen molar-refractivity contribution < 1.29 is 24.2 Å².